The molecule has 4 rings (SSSR count). The number of carboxylic acid groups (broad SMARTS) is 1. The summed E-state index contributed by atoms with van der Waals surface area (Å²) in [6, 6.07) is 11.8. The second-order valence-corrected chi connectivity index (χ2v) is 8.77. The molecule has 0 saturated carbocycles. The Kier molecular flexibility index (Phi) is 9.22. The van der Waals surface area contributed by atoms with E-state index >= 15 is 0 Å². The molecule has 2 aromatic heterocycles. The van der Waals surface area contributed by atoms with Crippen molar-refractivity contribution >= 4 is 29.3 Å². The van der Waals surface area contributed by atoms with Gasteiger partial charge in [0.15, 0.2) is 0 Å². The van der Waals surface area contributed by atoms with Gasteiger partial charge in [-0.15, -0.1) is 0 Å². The van der Waals surface area contributed by atoms with Crippen LogP contribution in [0.15, 0.2) is 67.0 Å². The van der Waals surface area contributed by atoms with Crippen LogP contribution < -0.4 is 26.4 Å². The summed E-state index contributed by atoms with van der Waals surface area (Å²) in [5.41, 5.74) is 7.23. The van der Waals surface area contributed by atoms with Crippen molar-refractivity contribution in [3.8, 4) is 22.9 Å². The standard InChI is InChI=1S/C28H26F2N6O5/c29-20-5-3-16(14-31)10-23(20)36-28(40)35-22-6-4-18(12-21(22)30)41-19-7-9-32-25(13-19)24-11-17(15-34-24)27(39)33-8-1-2-26(37)38/h3-7,9-13,15,34H,1-2,8,14,31H2,(H,33,39)(H,37,38)(H2,35,36,40). The third kappa shape index (κ3) is 7.86. The van der Waals surface area contributed by atoms with Crippen molar-refractivity contribution in [3.63, 3.8) is 0 Å². The quantitative estimate of drug-likeness (QED) is 0.141. The Labute approximate surface area is 232 Å². The van der Waals surface area contributed by atoms with Crippen molar-refractivity contribution in [3.05, 3.63) is 89.8 Å². The lowest BCUT2D eigenvalue weighted by molar-refractivity contribution is -0.137. The van der Waals surface area contributed by atoms with Gasteiger partial charge in [0.25, 0.3) is 5.91 Å². The smallest absolute Gasteiger partial charge is 0.323 e. The highest BCUT2D eigenvalue weighted by Gasteiger charge is 2.13. The van der Waals surface area contributed by atoms with Crippen molar-refractivity contribution in [2.24, 2.45) is 5.73 Å². The van der Waals surface area contributed by atoms with E-state index in [-0.39, 0.29) is 42.5 Å². The van der Waals surface area contributed by atoms with Gasteiger partial charge in [-0.25, -0.2) is 13.6 Å². The number of carbonyl (C=O) groups is 3. The minimum absolute atomic E-state index is 0.0420. The molecular weight excluding hydrogens is 538 g/mol. The van der Waals surface area contributed by atoms with Crippen LogP contribution in [0, 0.1) is 11.6 Å². The van der Waals surface area contributed by atoms with Gasteiger partial charge < -0.3 is 36.5 Å². The fourth-order valence-corrected chi connectivity index (χ4v) is 3.71. The van der Waals surface area contributed by atoms with Crippen LogP contribution in [0.1, 0.15) is 28.8 Å². The van der Waals surface area contributed by atoms with Crippen LogP contribution in [0.5, 0.6) is 11.5 Å². The number of urea groups is 1. The second kappa shape index (κ2) is 13.2. The molecule has 7 N–H and O–H groups in total. The Morgan fingerprint density at radius 1 is 0.951 bits per heavy atom. The highest BCUT2D eigenvalue weighted by molar-refractivity contribution is 6.00. The molecule has 2 aromatic carbocycles. The molecule has 212 valence electrons. The van der Waals surface area contributed by atoms with Gasteiger partial charge in [-0.05, 0) is 48.4 Å². The average molecular weight is 565 g/mol. The number of rotatable bonds is 11. The number of nitrogens with one attached hydrogen (secondary N) is 4. The van der Waals surface area contributed by atoms with Gasteiger partial charge in [-0.3, -0.25) is 14.6 Å². The van der Waals surface area contributed by atoms with Gasteiger partial charge in [-0.2, -0.15) is 0 Å². The SMILES string of the molecule is NCc1ccc(F)c(NC(=O)Nc2ccc(Oc3ccnc(-c4cc(C(=O)NCCCC(=O)O)c[nH]4)c3)cc2F)c1. The molecule has 0 saturated heterocycles. The number of anilines is 2. The lowest BCUT2D eigenvalue weighted by Gasteiger charge is -2.12. The second-order valence-electron chi connectivity index (χ2n) is 8.77. The van der Waals surface area contributed by atoms with E-state index in [1.54, 1.807) is 18.2 Å². The van der Waals surface area contributed by atoms with Crippen LogP contribution in [-0.2, 0) is 11.3 Å². The Bertz CT molecular complexity index is 1580. The maximum atomic E-state index is 14.7. The molecular formula is C28H26F2N6O5. The number of aromatic nitrogens is 2. The number of H-pyrrole nitrogens is 1. The molecule has 4 aromatic rings. The number of hydrogen-bond donors (Lipinski definition) is 6. The first-order valence-corrected chi connectivity index (χ1v) is 12.4. The lowest BCUT2D eigenvalue weighted by atomic mass is 10.2. The maximum Gasteiger partial charge on any atom is 0.323 e. The molecule has 0 atom stereocenters. The van der Waals surface area contributed by atoms with Crippen LogP contribution in [0.4, 0.5) is 25.0 Å². The zero-order chi connectivity index (χ0) is 29.4. The number of aliphatic carboxylic acids is 1. The Balaban J connectivity index is 1.37. The third-order valence-electron chi connectivity index (χ3n) is 5.74. The van der Waals surface area contributed by atoms with E-state index in [1.165, 1.54) is 42.7 Å². The summed E-state index contributed by atoms with van der Waals surface area (Å²) in [5.74, 6) is -2.27. The molecule has 3 amide bonds. The van der Waals surface area contributed by atoms with Crippen LogP contribution >= 0.6 is 0 Å². The first kappa shape index (κ1) is 28.7. The number of aromatic amines is 1. The minimum atomic E-state index is -0.933. The highest BCUT2D eigenvalue weighted by Crippen LogP contribution is 2.28. The van der Waals surface area contributed by atoms with Crippen LogP contribution in [0.3, 0.4) is 0 Å². The van der Waals surface area contributed by atoms with E-state index in [4.69, 9.17) is 15.6 Å². The zero-order valence-electron chi connectivity index (χ0n) is 21.5. The summed E-state index contributed by atoms with van der Waals surface area (Å²) in [4.78, 5) is 42.4. The largest absolute Gasteiger partial charge is 0.481 e. The molecule has 11 nitrogen and oxygen atoms in total. The third-order valence-corrected chi connectivity index (χ3v) is 5.74. The molecule has 0 unspecified atom stereocenters. The number of nitrogens with zero attached hydrogens (tertiary/aromatic N) is 1. The number of amides is 3. The fourth-order valence-electron chi connectivity index (χ4n) is 3.71. The summed E-state index contributed by atoms with van der Waals surface area (Å²) >= 11 is 0. The van der Waals surface area contributed by atoms with Crippen molar-refractivity contribution in [2.45, 2.75) is 19.4 Å². The molecule has 13 heteroatoms. The highest BCUT2D eigenvalue weighted by atomic mass is 19.1. The predicted molar refractivity (Wildman–Crippen MR) is 147 cm³/mol. The molecule has 0 aliphatic carbocycles. The molecule has 41 heavy (non-hydrogen) atoms. The number of ether oxygens (including phenoxy) is 1. The molecule has 0 aliphatic rings. The number of pyridine rings is 1. The molecule has 0 bridgehead atoms. The van der Waals surface area contributed by atoms with Crippen molar-refractivity contribution in [1.29, 1.82) is 0 Å². The van der Waals surface area contributed by atoms with E-state index in [2.05, 4.69) is 25.9 Å². The normalized spacial score (nSPS) is 10.6. The van der Waals surface area contributed by atoms with Crippen LogP contribution in [0.25, 0.3) is 11.4 Å². The molecule has 0 fully saturated rings. The average Bonchev–Trinajstić information content (AvgIpc) is 3.44. The molecule has 2 heterocycles. The zero-order valence-corrected chi connectivity index (χ0v) is 21.5. The summed E-state index contributed by atoms with van der Waals surface area (Å²) in [5, 5.41) is 16.0. The van der Waals surface area contributed by atoms with Gasteiger partial charge in [0.2, 0.25) is 0 Å². The van der Waals surface area contributed by atoms with Gasteiger partial charge in [0.1, 0.15) is 23.1 Å². The summed E-state index contributed by atoms with van der Waals surface area (Å²) < 4.78 is 34.5. The summed E-state index contributed by atoms with van der Waals surface area (Å²) in [6.07, 6.45) is 3.25. The first-order chi connectivity index (χ1) is 19.7. The molecule has 0 aliphatic heterocycles. The van der Waals surface area contributed by atoms with Crippen LogP contribution in [-0.4, -0.2) is 39.5 Å². The predicted octanol–water partition coefficient (Wildman–Crippen LogP) is 4.84. The van der Waals surface area contributed by atoms with E-state index in [9.17, 15) is 23.2 Å². The number of benzene rings is 2. The van der Waals surface area contributed by atoms with Crippen molar-refractivity contribution < 1.29 is 33.0 Å². The monoisotopic (exact) mass is 564 g/mol. The number of nitrogens with two attached hydrogens (primary N) is 1. The van der Waals surface area contributed by atoms with E-state index in [1.807, 2.05) is 0 Å². The number of carboxylic acids is 1. The summed E-state index contributed by atoms with van der Waals surface area (Å²) in [6.45, 7) is 0.385. The fraction of sp³-hybridized carbons (Fsp3) is 0.143. The van der Waals surface area contributed by atoms with Gasteiger partial charge in [-0.1, -0.05) is 6.07 Å². The Morgan fingerprint density at radius 2 is 1.73 bits per heavy atom. The number of halogens is 2. The first-order valence-electron chi connectivity index (χ1n) is 12.4. The number of carbonyl (C=O) groups excluding carboxylic acids is 2. The van der Waals surface area contributed by atoms with E-state index in [0.717, 1.165) is 6.07 Å². The van der Waals surface area contributed by atoms with Crippen molar-refractivity contribution in [1.82, 2.24) is 15.3 Å². The Hall–Kier alpha value is -5.30. The number of hydrogen-bond acceptors (Lipinski definition) is 6. The topological polar surface area (TPSA) is 171 Å². The maximum absolute atomic E-state index is 14.7. The van der Waals surface area contributed by atoms with Gasteiger partial charge in [0, 0.05) is 44.0 Å². The van der Waals surface area contributed by atoms with Gasteiger partial charge in [0.05, 0.1) is 28.3 Å². The van der Waals surface area contributed by atoms with E-state index < -0.39 is 23.6 Å². The summed E-state index contributed by atoms with van der Waals surface area (Å²) in [7, 11) is 0. The molecule has 0 spiro atoms. The van der Waals surface area contributed by atoms with E-state index in [0.29, 0.717) is 34.7 Å². The lowest BCUT2D eigenvalue weighted by Crippen LogP contribution is -2.24. The minimum Gasteiger partial charge on any atom is -0.481 e. The van der Waals surface area contributed by atoms with Crippen LogP contribution in [0.2, 0.25) is 0 Å². The van der Waals surface area contributed by atoms with Crippen molar-refractivity contribution in [2.75, 3.05) is 17.2 Å². The Morgan fingerprint density at radius 3 is 2.49 bits per heavy atom. The van der Waals surface area contributed by atoms with Gasteiger partial charge >= 0.3 is 12.0 Å². The molecule has 0 radical (unpaired) electrons.